The van der Waals surface area contributed by atoms with E-state index in [1.165, 1.54) is 18.1 Å². The van der Waals surface area contributed by atoms with Crippen LogP contribution in [0.15, 0.2) is 23.1 Å². The average Bonchev–Trinajstić information content (AvgIpc) is 2.78. The van der Waals surface area contributed by atoms with Crippen LogP contribution in [0.5, 0.6) is 11.5 Å². The zero-order valence-corrected chi connectivity index (χ0v) is 14.2. The lowest BCUT2D eigenvalue weighted by Gasteiger charge is -2.11. The summed E-state index contributed by atoms with van der Waals surface area (Å²) in [4.78, 5) is 25.2. The van der Waals surface area contributed by atoms with Crippen molar-refractivity contribution in [2.75, 3.05) is 20.3 Å². The van der Waals surface area contributed by atoms with Crippen LogP contribution >= 0.6 is 24.0 Å². The van der Waals surface area contributed by atoms with Crippen LogP contribution in [0.4, 0.5) is 0 Å². The number of aromatic hydroxyl groups is 1. The molecule has 0 aliphatic carbocycles. The third kappa shape index (κ3) is 4.02. The van der Waals surface area contributed by atoms with Gasteiger partial charge in [0.25, 0.3) is 5.91 Å². The van der Waals surface area contributed by atoms with E-state index in [9.17, 15) is 14.7 Å². The maximum Gasteiger partial charge on any atom is 0.325 e. The maximum absolute atomic E-state index is 12.3. The lowest BCUT2D eigenvalue weighted by molar-refractivity contribution is -0.143. The summed E-state index contributed by atoms with van der Waals surface area (Å²) >= 11 is 6.23. The van der Waals surface area contributed by atoms with Gasteiger partial charge in [0.15, 0.2) is 11.5 Å². The number of benzene rings is 1. The molecule has 122 valence electrons. The average molecular weight is 353 g/mol. The van der Waals surface area contributed by atoms with Crippen molar-refractivity contribution in [2.24, 2.45) is 0 Å². The number of rotatable bonds is 5. The number of amides is 1. The smallest absolute Gasteiger partial charge is 0.325 e. The summed E-state index contributed by atoms with van der Waals surface area (Å²) in [6, 6.07) is 4.78. The fraction of sp³-hybridized carbons (Fsp3) is 0.267. The first-order chi connectivity index (χ1) is 11.0. The van der Waals surface area contributed by atoms with E-state index in [0.717, 1.165) is 11.8 Å². The summed E-state index contributed by atoms with van der Waals surface area (Å²) in [7, 11) is 1.25. The number of hydrogen-bond donors (Lipinski definition) is 1. The minimum absolute atomic E-state index is 0.0299. The fourth-order valence-electron chi connectivity index (χ4n) is 1.87. The first-order valence-corrected chi connectivity index (χ1v) is 7.96. The summed E-state index contributed by atoms with van der Waals surface area (Å²) in [5.74, 6) is -0.518. The number of nitrogens with zero attached hydrogens (tertiary/aromatic N) is 1. The molecule has 1 saturated heterocycles. The van der Waals surface area contributed by atoms with E-state index in [1.54, 1.807) is 18.2 Å². The largest absolute Gasteiger partial charge is 0.504 e. The summed E-state index contributed by atoms with van der Waals surface area (Å²) in [6.07, 6.45) is 1.64. The number of thiocarbonyl (C=S) groups is 1. The molecule has 6 nitrogen and oxygen atoms in total. The third-order valence-corrected chi connectivity index (χ3v) is 4.35. The lowest BCUT2D eigenvalue weighted by atomic mass is 10.2. The Morgan fingerprint density at radius 2 is 2.22 bits per heavy atom. The Hall–Kier alpha value is -2.06. The third-order valence-electron chi connectivity index (χ3n) is 2.97. The first kappa shape index (κ1) is 17.3. The topological polar surface area (TPSA) is 76.1 Å². The van der Waals surface area contributed by atoms with Gasteiger partial charge < -0.3 is 14.6 Å². The Morgan fingerprint density at radius 3 is 2.87 bits per heavy atom. The van der Waals surface area contributed by atoms with E-state index in [2.05, 4.69) is 4.74 Å². The van der Waals surface area contributed by atoms with Crippen LogP contribution in [0, 0.1) is 0 Å². The van der Waals surface area contributed by atoms with Crippen LogP contribution in [0.2, 0.25) is 0 Å². The molecule has 23 heavy (non-hydrogen) atoms. The van der Waals surface area contributed by atoms with Crippen molar-refractivity contribution in [3.8, 4) is 11.5 Å². The van der Waals surface area contributed by atoms with Crippen molar-refractivity contribution < 1.29 is 24.2 Å². The summed E-state index contributed by atoms with van der Waals surface area (Å²) < 4.78 is 10.2. The molecule has 2 rings (SSSR count). The van der Waals surface area contributed by atoms with Crippen molar-refractivity contribution in [1.82, 2.24) is 4.90 Å². The Morgan fingerprint density at radius 1 is 1.48 bits per heavy atom. The van der Waals surface area contributed by atoms with Gasteiger partial charge in [-0.1, -0.05) is 30.0 Å². The molecule has 1 amide bonds. The number of esters is 1. The highest BCUT2D eigenvalue weighted by Crippen LogP contribution is 2.34. The molecule has 1 aliphatic heterocycles. The highest BCUT2D eigenvalue weighted by atomic mass is 32.2. The van der Waals surface area contributed by atoms with Gasteiger partial charge in [-0.05, 0) is 30.7 Å². The van der Waals surface area contributed by atoms with E-state index >= 15 is 0 Å². The fourth-order valence-corrected chi connectivity index (χ4v) is 3.13. The predicted molar refractivity (Wildman–Crippen MR) is 91.2 cm³/mol. The minimum Gasteiger partial charge on any atom is -0.504 e. The highest BCUT2D eigenvalue weighted by Gasteiger charge is 2.33. The molecule has 1 heterocycles. The zero-order chi connectivity index (χ0) is 17.0. The second-order valence-electron chi connectivity index (χ2n) is 4.50. The van der Waals surface area contributed by atoms with E-state index in [0.29, 0.717) is 27.1 Å². The SMILES string of the molecule is CCOc1cc(C=C2SC(=S)N(CC(=O)OC)C2=O)ccc1O. The number of methoxy groups -OCH3 is 1. The number of hydrogen-bond acceptors (Lipinski definition) is 7. The molecule has 1 aromatic carbocycles. The number of ether oxygens (including phenoxy) is 2. The van der Waals surface area contributed by atoms with Gasteiger partial charge in [0, 0.05) is 0 Å². The first-order valence-electron chi connectivity index (χ1n) is 6.74. The van der Waals surface area contributed by atoms with Crippen molar-refractivity contribution in [3.63, 3.8) is 0 Å². The van der Waals surface area contributed by atoms with Crippen LogP contribution in [-0.2, 0) is 14.3 Å². The van der Waals surface area contributed by atoms with Crippen LogP contribution in [0.3, 0.4) is 0 Å². The Bertz CT molecular complexity index is 686. The lowest BCUT2D eigenvalue weighted by Crippen LogP contribution is -2.33. The summed E-state index contributed by atoms with van der Waals surface area (Å²) in [5.41, 5.74) is 0.685. The molecule has 1 aromatic rings. The minimum atomic E-state index is -0.536. The van der Waals surface area contributed by atoms with Crippen LogP contribution in [0.1, 0.15) is 12.5 Å². The molecule has 1 fully saturated rings. The van der Waals surface area contributed by atoms with Crippen molar-refractivity contribution in [1.29, 1.82) is 0 Å². The van der Waals surface area contributed by atoms with Crippen LogP contribution < -0.4 is 4.74 Å². The quantitative estimate of drug-likeness (QED) is 0.494. The monoisotopic (exact) mass is 353 g/mol. The van der Waals surface area contributed by atoms with Crippen molar-refractivity contribution >= 4 is 46.3 Å². The van der Waals surface area contributed by atoms with Crippen molar-refractivity contribution in [3.05, 3.63) is 28.7 Å². The standard InChI is InChI=1S/C15H15NO5S2/c1-3-21-11-6-9(4-5-10(11)17)7-12-14(19)16(15(22)23-12)8-13(18)20-2/h4-7,17H,3,8H2,1-2H3. The van der Waals surface area contributed by atoms with Crippen LogP contribution in [0.25, 0.3) is 6.08 Å². The molecule has 8 heteroatoms. The molecule has 0 bridgehead atoms. The van der Waals surface area contributed by atoms with Gasteiger partial charge in [-0.25, -0.2) is 0 Å². The van der Waals surface area contributed by atoms with Gasteiger partial charge in [0.05, 0.1) is 18.6 Å². The number of carbonyl (C=O) groups is 2. The number of carbonyl (C=O) groups excluding carboxylic acids is 2. The van der Waals surface area contributed by atoms with Gasteiger partial charge >= 0.3 is 5.97 Å². The van der Waals surface area contributed by atoms with Gasteiger partial charge in [0.2, 0.25) is 0 Å². The number of phenolic OH excluding ortho intramolecular Hbond substituents is 1. The van der Waals surface area contributed by atoms with Crippen molar-refractivity contribution in [2.45, 2.75) is 6.92 Å². The summed E-state index contributed by atoms with van der Waals surface area (Å²) in [5, 5.41) is 9.69. The predicted octanol–water partition coefficient (Wildman–Crippen LogP) is 2.17. The van der Waals surface area contributed by atoms with E-state index in [-0.39, 0.29) is 18.2 Å². The van der Waals surface area contributed by atoms with Crippen LogP contribution in [-0.4, -0.2) is 46.5 Å². The second-order valence-corrected chi connectivity index (χ2v) is 6.18. The van der Waals surface area contributed by atoms with Gasteiger partial charge in [-0.3, -0.25) is 14.5 Å². The Labute approximate surface area is 143 Å². The van der Waals surface area contributed by atoms with Gasteiger partial charge in [0.1, 0.15) is 10.9 Å². The number of thioether (sulfide) groups is 1. The van der Waals surface area contributed by atoms with E-state index in [1.807, 2.05) is 6.92 Å². The maximum atomic E-state index is 12.3. The molecule has 0 aromatic heterocycles. The van der Waals surface area contributed by atoms with E-state index < -0.39 is 5.97 Å². The van der Waals surface area contributed by atoms with Gasteiger partial charge in [-0.2, -0.15) is 0 Å². The molecule has 0 spiro atoms. The molecular weight excluding hydrogens is 338 g/mol. The normalized spacial score (nSPS) is 16.1. The molecular formula is C15H15NO5S2. The highest BCUT2D eigenvalue weighted by molar-refractivity contribution is 8.26. The van der Waals surface area contributed by atoms with Gasteiger partial charge in [-0.15, -0.1) is 0 Å². The molecule has 1 N–H and O–H groups in total. The molecule has 1 aliphatic rings. The van der Waals surface area contributed by atoms with E-state index in [4.69, 9.17) is 17.0 Å². The number of phenols is 1. The Kier molecular flexibility index (Phi) is 5.62. The second kappa shape index (κ2) is 7.47. The zero-order valence-electron chi connectivity index (χ0n) is 12.6. The Balaban J connectivity index is 2.23. The molecule has 0 unspecified atom stereocenters. The molecule has 0 saturated carbocycles. The molecule has 0 atom stereocenters. The molecule has 0 radical (unpaired) electrons. The summed E-state index contributed by atoms with van der Waals surface area (Å²) in [6.45, 7) is 2.01.